The zero-order valence-corrected chi connectivity index (χ0v) is 10.2. The molecule has 1 aromatic carbocycles. The predicted octanol–water partition coefficient (Wildman–Crippen LogP) is 0.891. The van der Waals surface area contributed by atoms with Crippen molar-refractivity contribution < 1.29 is 19.6 Å². The molecule has 0 bridgehead atoms. The van der Waals surface area contributed by atoms with Crippen LogP contribution in [0.4, 0.5) is 11.7 Å². The normalized spacial score (nSPS) is 14.3. The fourth-order valence-electron chi connectivity index (χ4n) is 1.42. The number of rotatable bonds is 5. The number of nitro groups is 1. The van der Waals surface area contributed by atoms with Crippen molar-refractivity contribution in [1.29, 1.82) is 0 Å². The number of nitro benzene ring substituents is 1. The van der Waals surface area contributed by atoms with Crippen molar-refractivity contribution in [1.82, 2.24) is 4.98 Å². The van der Waals surface area contributed by atoms with Crippen LogP contribution < -0.4 is 5.32 Å². The summed E-state index contributed by atoms with van der Waals surface area (Å²) in [6.07, 6.45) is 0. The zero-order valence-electron chi connectivity index (χ0n) is 10.2. The predicted molar refractivity (Wildman–Crippen MR) is 66.9 cm³/mol. The summed E-state index contributed by atoms with van der Waals surface area (Å²) in [6.45, 7) is 1.08. The summed E-state index contributed by atoms with van der Waals surface area (Å²) in [5.74, 6) is 0. The van der Waals surface area contributed by atoms with Crippen LogP contribution in [-0.4, -0.2) is 38.9 Å². The first-order valence-electron chi connectivity index (χ1n) is 5.53. The van der Waals surface area contributed by atoms with E-state index in [0.717, 1.165) is 0 Å². The molecule has 1 aromatic heterocycles. The molecule has 0 radical (unpaired) electrons. The van der Waals surface area contributed by atoms with E-state index in [-0.39, 0.29) is 23.8 Å². The minimum Gasteiger partial charge on any atom is -0.423 e. The molecule has 0 fully saturated rings. The lowest BCUT2D eigenvalue weighted by Crippen LogP contribution is -2.37. The number of fused-ring (bicyclic) bond motifs is 1. The van der Waals surface area contributed by atoms with Crippen LogP contribution in [0.25, 0.3) is 11.1 Å². The van der Waals surface area contributed by atoms with Gasteiger partial charge in [0.05, 0.1) is 17.6 Å². The van der Waals surface area contributed by atoms with Gasteiger partial charge in [0.2, 0.25) is 0 Å². The van der Waals surface area contributed by atoms with Crippen molar-refractivity contribution in [3.8, 4) is 0 Å². The summed E-state index contributed by atoms with van der Waals surface area (Å²) in [7, 11) is 0. The summed E-state index contributed by atoms with van der Waals surface area (Å²) in [4.78, 5) is 14.1. The van der Waals surface area contributed by atoms with Crippen molar-refractivity contribution in [2.24, 2.45) is 0 Å². The molecule has 19 heavy (non-hydrogen) atoms. The topological polar surface area (TPSA) is 122 Å². The molecule has 3 N–H and O–H groups in total. The Balaban J connectivity index is 2.20. The van der Waals surface area contributed by atoms with Crippen molar-refractivity contribution in [2.45, 2.75) is 12.5 Å². The van der Waals surface area contributed by atoms with Gasteiger partial charge >= 0.3 is 0 Å². The summed E-state index contributed by atoms with van der Waals surface area (Å²) in [6, 6.07) is 4.21. The van der Waals surface area contributed by atoms with Gasteiger partial charge in [-0.3, -0.25) is 10.1 Å². The molecule has 0 spiro atoms. The Morgan fingerprint density at radius 3 is 2.95 bits per heavy atom. The Hall–Kier alpha value is -2.19. The monoisotopic (exact) mass is 267 g/mol. The van der Waals surface area contributed by atoms with Crippen LogP contribution in [0.1, 0.15) is 6.92 Å². The van der Waals surface area contributed by atoms with E-state index in [1.54, 1.807) is 0 Å². The zero-order chi connectivity index (χ0) is 14.0. The van der Waals surface area contributed by atoms with E-state index < -0.39 is 17.1 Å². The highest BCUT2D eigenvalue weighted by Gasteiger charge is 2.20. The first-order valence-corrected chi connectivity index (χ1v) is 5.53. The number of non-ortho nitro benzene ring substituents is 1. The maximum Gasteiger partial charge on any atom is 0.295 e. The van der Waals surface area contributed by atoms with Crippen LogP contribution in [0.3, 0.4) is 0 Å². The number of anilines is 1. The Labute approximate surface area is 107 Å². The van der Waals surface area contributed by atoms with E-state index in [0.29, 0.717) is 5.52 Å². The van der Waals surface area contributed by atoms with Gasteiger partial charge in [0.15, 0.2) is 5.58 Å². The Kier molecular flexibility index (Phi) is 3.36. The summed E-state index contributed by atoms with van der Waals surface area (Å²) >= 11 is 0. The molecule has 102 valence electrons. The van der Waals surface area contributed by atoms with Gasteiger partial charge in [0, 0.05) is 12.6 Å². The lowest BCUT2D eigenvalue weighted by atomic mass is 10.1. The van der Waals surface area contributed by atoms with Gasteiger partial charge in [0.25, 0.3) is 11.7 Å². The molecule has 1 heterocycles. The molecule has 8 heteroatoms. The Morgan fingerprint density at radius 1 is 1.58 bits per heavy atom. The van der Waals surface area contributed by atoms with Crippen molar-refractivity contribution >= 4 is 22.8 Å². The van der Waals surface area contributed by atoms with Gasteiger partial charge in [-0.15, -0.1) is 0 Å². The number of nitrogens with zero attached hydrogens (tertiary/aromatic N) is 2. The molecule has 2 rings (SSSR count). The molecule has 0 aliphatic rings. The number of hydrogen-bond donors (Lipinski definition) is 3. The molecule has 0 saturated heterocycles. The molecule has 8 nitrogen and oxygen atoms in total. The number of benzene rings is 1. The first-order chi connectivity index (χ1) is 8.91. The van der Waals surface area contributed by atoms with E-state index >= 15 is 0 Å². The third-order valence-electron chi connectivity index (χ3n) is 2.54. The summed E-state index contributed by atoms with van der Waals surface area (Å²) < 4.78 is 5.28. The second-order valence-corrected chi connectivity index (χ2v) is 4.44. The molecule has 0 aliphatic carbocycles. The van der Waals surface area contributed by atoms with Crippen molar-refractivity contribution in [3.05, 3.63) is 28.3 Å². The van der Waals surface area contributed by atoms with Gasteiger partial charge in [0.1, 0.15) is 11.1 Å². The average molecular weight is 267 g/mol. The van der Waals surface area contributed by atoms with Gasteiger partial charge in [-0.25, -0.2) is 0 Å². The molecule has 0 aliphatic heterocycles. The van der Waals surface area contributed by atoms with Crippen LogP contribution in [0.5, 0.6) is 0 Å². The van der Waals surface area contributed by atoms with Crippen LogP contribution in [0, 0.1) is 10.1 Å². The second-order valence-electron chi connectivity index (χ2n) is 4.44. The second kappa shape index (κ2) is 4.82. The molecule has 1 atom stereocenters. The molecular formula is C11H13N3O5. The number of aliphatic hydroxyl groups is 2. The highest BCUT2D eigenvalue weighted by Crippen LogP contribution is 2.23. The van der Waals surface area contributed by atoms with Crippen LogP contribution >= 0.6 is 0 Å². The maximum atomic E-state index is 10.6. The highest BCUT2D eigenvalue weighted by atomic mass is 16.6. The van der Waals surface area contributed by atoms with E-state index in [2.05, 4.69) is 10.3 Å². The minimum atomic E-state index is -1.30. The smallest absolute Gasteiger partial charge is 0.295 e. The lowest BCUT2D eigenvalue weighted by molar-refractivity contribution is -0.384. The number of oxazole rings is 1. The highest BCUT2D eigenvalue weighted by molar-refractivity contribution is 5.77. The number of aliphatic hydroxyl groups excluding tert-OH is 1. The number of nitrogens with one attached hydrogen (secondary N) is 1. The molecule has 1 unspecified atom stereocenters. The Bertz CT molecular complexity index is 607. The first kappa shape index (κ1) is 13.2. The molecule has 0 amide bonds. The summed E-state index contributed by atoms with van der Waals surface area (Å²) in [5.41, 5.74) is -0.637. The fourth-order valence-corrected chi connectivity index (χ4v) is 1.42. The minimum absolute atomic E-state index is 0.0401. The van der Waals surface area contributed by atoms with E-state index in [1.165, 1.54) is 25.1 Å². The summed E-state index contributed by atoms with van der Waals surface area (Å²) in [5, 5.41) is 31.8. The van der Waals surface area contributed by atoms with Gasteiger partial charge < -0.3 is 19.9 Å². The van der Waals surface area contributed by atoms with E-state index in [9.17, 15) is 15.2 Å². The van der Waals surface area contributed by atoms with Gasteiger partial charge in [-0.2, -0.15) is 4.98 Å². The van der Waals surface area contributed by atoms with Crippen LogP contribution in [0.2, 0.25) is 0 Å². The fraction of sp³-hybridized carbons (Fsp3) is 0.364. The largest absolute Gasteiger partial charge is 0.423 e. The van der Waals surface area contributed by atoms with Gasteiger partial charge in [-0.1, -0.05) is 0 Å². The van der Waals surface area contributed by atoms with Crippen molar-refractivity contribution in [2.75, 3.05) is 18.5 Å². The standard InChI is InChI=1S/C11H13N3O5/c1-11(16,6-15)5-12-10-13-8-3-2-7(14(17)18)4-9(8)19-10/h2-4,15-16H,5-6H2,1H3,(H,12,13). The Morgan fingerprint density at radius 2 is 2.32 bits per heavy atom. The van der Waals surface area contributed by atoms with E-state index in [4.69, 9.17) is 9.52 Å². The molecule has 2 aromatic rings. The SMILES string of the molecule is CC(O)(CO)CNc1nc2ccc([N+](=O)[O-])cc2o1. The third-order valence-corrected chi connectivity index (χ3v) is 2.54. The quantitative estimate of drug-likeness (QED) is 0.543. The molecular weight excluding hydrogens is 254 g/mol. The average Bonchev–Trinajstić information content (AvgIpc) is 2.78. The van der Waals surface area contributed by atoms with Crippen LogP contribution in [0.15, 0.2) is 22.6 Å². The van der Waals surface area contributed by atoms with Crippen LogP contribution in [-0.2, 0) is 0 Å². The molecule has 0 saturated carbocycles. The third kappa shape index (κ3) is 2.98. The number of hydrogen-bond acceptors (Lipinski definition) is 7. The van der Waals surface area contributed by atoms with E-state index in [1.807, 2.05) is 0 Å². The maximum absolute atomic E-state index is 10.6. The lowest BCUT2D eigenvalue weighted by Gasteiger charge is -2.19. The van der Waals surface area contributed by atoms with Crippen molar-refractivity contribution in [3.63, 3.8) is 0 Å². The van der Waals surface area contributed by atoms with Gasteiger partial charge in [-0.05, 0) is 13.0 Å². The number of aromatic nitrogens is 1.